The molecule has 0 aliphatic carbocycles. The number of carbonyl (C=O) groups excluding carboxylic acids is 1. The molecule has 4 heteroatoms. The molecule has 0 radical (unpaired) electrons. The Kier molecular flexibility index (Phi) is 3.10. The lowest BCUT2D eigenvalue weighted by Crippen LogP contribution is -2.21. The van der Waals surface area contributed by atoms with Crippen molar-refractivity contribution in [1.82, 2.24) is 0 Å². The monoisotopic (exact) mass is 271 g/mol. The van der Waals surface area contributed by atoms with Crippen molar-refractivity contribution in [3.8, 4) is 0 Å². The summed E-state index contributed by atoms with van der Waals surface area (Å²) in [4.78, 5) is 11.5. The Morgan fingerprint density at radius 2 is 2.10 bits per heavy atom. The molecule has 20 heavy (non-hydrogen) atoms. The van der Waals surface area contributed by atoms with Crippen LogP contribution in [0.5, 0.6) is 0 Å². The van der Waals surface area contributed by atoms with Crippen LogP contribution in [0.1, 0.15) is 40.5 Å². The van der Waals surface area contributed by atoms with Crippen LogP contribution in [0.2, 0.25) is 0 Å². The van der Waals surface area contributed by atoms with Crippen molar-refractivity contribution in [2.24, 2.45) is 0 Å². The number of furan rings is 1. The van der Waals surface area contributed by atoms with Gasteiger partial charge in [-0.3, -0.25) is 4.79 Å². The minimum absolute atomic E-state index is 0.0549. The second-order valence-electron chi connectivity index (χ2n) is 5.22. The first-order valence-electron chi connectivity index (χ1n) is 6.72. The number of hydrogen-bond acceptors (Lipinski definition) is 3. The van der Waals surface area contributed by atoms with Gasteiger partial charge in [0.1, 0.15) is 11.9 Å². The first-order valence-corrected chi connectivity index (χ1v) is 6.72. The van der Waals surface area contributed by atoms with Crippen molar-refractivity contribution >= 4 is 11.6 Å². The lowest BCUT2D eigenvalue weighted by Gasteiger charge is -2.24. The lowest BCUT2D eigenvalue weighted by molar-refractivity contribution is -0.116. The van der Waals surface area contributed by atoms with E-state index < -0.39 is 6.10 Å². The highest BCUT2D eigenvalue weighted by molar-refractivity contribution is 5.95. The van der Waals surface area contributed by atoms with E-state index in [1.807, 2.05) is 19.9 Å². The third-order valence-electron chi connectivity index (χ3n) is 4.01. The zero-order valence-corrected chi connectivity index (χ0v) is 11.6. The molecular weight excluding hydrogens is 254 g/mol. The molecule has 1 unspecified atom stereocenters. The largest absolute Gasteiger partial charge is 0.466 e. The number of aliphatic hydroxyl groups is 1. The second-order valence-corrected chi connectivity index (χ2v) is 5.22. The topological polar surface area (TPSA) is 62.5 Å². The Morgan fingerprint density at radius 1 is 1.30 bits per heavy atom. The molecule has 1 aliphatic heterocycles. The number of carbonyl (C=O) groups is 1. The number of fused-ring (bicyclic) bond motifs is 1. The molecule has 4 nitrogen and oxygen atoms in total. The molecule has 1 atom stereocenters. The van der Waals surface area contributed by atoms with Gasteiger partial charge in [0.05, 0.1) is 6.26 Å². The molecular formula is C16H17NO3. The molecule has 1 amide bonds. The van der Waals surface area contributed by atoms with Crippen LogP contribution in [-0.4, -0.2) is 11.0 Å². The molecule has 0 spiro atoms. The zero-order chi connectivity index (χ0) is 14.3. The number of rotatable bonds is 2. The first kappa shape index (κ1) is 12.9. The number of anilines is 1. The van der Waals surface area contributed by atoms with Gasteiger partial charge in [0.25, 0.3) is 0 Å². The SMILES string of the molecule is Cc1c(C(O)c2ccco2)cc2c(c1C)NC(=O)CC2. The van der Waals surface area contributed by atoms with Gasteiger partial charge in [-0.25, -0.2) is 0 Å². The summed E-state index contributed by atoms with van der Waals surface area (Å²) in [5, 5.41) is 13.4. The standard InChI is InChI=1S/C16H17NO3/c1-9-10(2)15-11(5-6-14(18)17-15)8-12(9)16(19)13-4-3-7-20-13/h3-4,7-8,16,19H,5-6H2,1-2H3,(H,17,18). The van der Waals surface area contributed by atoms with Crippen LogP contribution in [-0.2, 0) is 11.2 Å². The molecule has 3 rings (SSSR count). The van der Waals surface area contributed by atoms with Crippen LogP contribution in [0, 0.1) is 13.8 Å². The van der Waals surface area contributed by atoms with Crippen molar-refractivity contribution in [2.45, 2.75) is 32.8 Å². The molecule has 2 heterocycles. The van der Waals surface area contributed by atoms with Gasteiger partial charge in [0.15, 0.2) is 0 Å². The van der Waals surface area contributed by atoms with Crippen molar-refractivity contribution in [2.75, 3.05) is 5.32 Å². The summed E-state index contributed by atoms with van der Waals surface area (Å²) in [5.41, 5.74) is 4.81. The van der Waals surface area contributed by atoms with E-state index in [0.29, 0.717) is 18.6 Å². The van der Waals surface area contributed by atoms with Crippen molar-refractivity contribution in [1.29, 1.82) is 0 Å². The maximum Gasteiger partial charge on any atom is 0.224 e. The Hall–Kier alpha value is -2.07. The zero-order valence-electron chi connectivity index (χ0n) is 11.6. The third kappa shape index (κ3) is 2.02. The minimum atomic E-state index is -0.772. The molecule has 1 aromatic heterocycles. The molecule has 0 saturated heterocycles. The summed E-state index contributed by atoms with van der Waals surface area (Å²) in [5.74, 6) is 0.589. The van der Waals surface area contributed by atoms with Gasteiger partial charge in [-0.1, -0.05) is 6.07 Å². The number of nitrogens with one attached hydrogen (secondary N) is 1. The number of hydrogen-bond donors (Lipinski definition) is 2. The second kappa shape index (κ2) is 4.80. The summed E-state index contributed by atoms with van der Waals surface area (Å²) < 4.78 is 5.29. The van der Waals surface area contributed by atoms with Crippen molar-refractivity contribution < 1.29 is 14.3 Å². The highest BCUT2D eigenvalue weighted by Crippen LogP contribution is 2.35. The van der Waals surface area contributed by atoms with E-state index >= 15 is 0 Å². The van der Waals surface area contributed by atoms with Crippen LogP contribution in [0.4, 0.5) is 5.69 Å². The van der Waals surface area contributed by atoms with E-state index in [2.05, 4.69) is 5.32 Å². The van der Waals surface area contributed by atoms with E-state index in [4.69, 9.17) is 4.42 Å². The molecule has 2 N–H and O–H groups in total. The average Bonchev–Trinajstić information content (AvgIpc) is 2.97. The van der Waals surface area contributed by atoms with Gasteiger partial charge >= 0.3 is 0 Å². The molecule has 104 valence electrons. The Morgan fingerprint density at radius 3 is 2.80 bits per heavy atom. The van der Waals surface area contributed by atoms with E-state index in [0.717, 1.165) is 27.9 Å². The first-order chi connectivity index (χ1) is 9.58. The van der Waals surface area contributed by atoms with Gasteiger partial charge in [-0.05, 0) is 54.7 Å². The van der Waals surface area contributed by atoms with E-state index in [-0.39, 0.29) is 5.91 Å². The third-order valence-corrected chi connectivity index (χ3v) is 4.01. The van der Waals surface area contributed by atoms with Crippen LogP contribution >= 0.6 is 0 Å². The Bertz CT molecular complexity index is 659. The highest BCUT2D eigenvalue weighted by atomic mass is 16.4. The van der Waals surface area contributed by atoms with Crippen LogP contribution in [0.25, 0.3) is 0 Å². The summed E-state index contributed by atoms with van der Waals surface area (Å²) >= 11 is 0. The number of aryl methyl sites for hydroxylation is 1. The lowest BCUT2D eigenvalue weighted by atomic mass is 9.89. The normalized spacial score (nSPS) is 15.7. The van der Waals surface area contributed by atoms with Crippen molar-refractivity contribution in [3.05, 3.63) is 52.5 Å². The molecule has 1 aromatic carbocycles. The van der Waals surface area contributed by atoms with Gasteiger partial charge in [0.2, 0.25) is 5.91 Å². The predicted molar refractivity (Wildman–Crippen MR) is 75.6 cm³/mol. The highest BCUT2D eigenvalue weighted by Gasteiger charge is 2.23. The van der Waals surface area contributed by atoms with E-state index in [9.17, 15) is 9.90 Å². The van der Waals surface area contributed by atoms with Crippen LogP contribution < -0.4 is 5.32 Å². The molecule has 0 fully saturated rings. The fourth-order valence-corrected chi connectivity index (χ4v) is 2.72. The van der Waals surface area contributed by atoms with Crippen LogP contribution in [0.3, 0.4) is 0 Å². The van der Waals surface area contributed by atoms with Gasteiger partial charge in [-0.2, -0.15) is 0 Å². The summed E-state index contributed by atoms with van der Waals surface area (Å²) in [6.07, 6.45) is 1.98. The number of benzene rings is 1. The predicted octanol–water partition coefficient (Wildman–Crippen LogP) is 2.86. The Balaban J connectivity index is 2.09. The van der Waals surface area contributed by atoms with E-state index in [1.165, 1.54) is 0 Å². The van der Waals surface area contributed by atoms with E-state index in [1.54, 1.807) is 18.4 Å². The Labute approximate surface area is 117 Å². The average molecular weight is 271 g/mol. The molecule has 1 aliphatic rings. The summed E-state index contributed by atoms with van der Waals surface area (Å²) in [6, 6.07) is 5.50. The summed E-state index contributed by atoms with van der Waals surface area (Å²) in [6.45, 7) is 3.93. The molecule has 0 bridgehead atoms. The van der Waals surface area contributed by atoms with Crippen LogP contribution in [0.15, 0.2) is 28.9 Å². The van der Waals surface area contributed by atoms with Crippen molar-refractivity contribution in [3.63, 3.8) is 0 Å². The maximum absolute atomic E-state index is 11.5. The summed E-state index contributed by atoms with van der Waals surface area (Å²) in [7, 11) is 0. The molecule has 2 aromatic rings. The number of amides is 1. The van der Waals surface area contributed by atoms with Gasteiger partial charge in [-0.15, -0.1) is 0 Å². The minimum Gasteiger partial charge on any atom is -0.466 e. The van der Waals surface area contributed by atoms with Gasteiger partial charge < -0.3 is 14.8 Å². The molecule has 0 saturated carbocycles. The number of aliphatic hydroxyl groups excluding tert-OH is 1. The quantitative estimate of drug-likeness (QED) is 0.882. The maximum atomic E-state index is 11.5. The van der Waals surface area contributed by atoms with Gasteiger partial charge in [0, 0.05) is 12.1 Å². The smallest absolute Gasteiger partial charge is 0.224 e. The fourth-order valence-electron chi connectivity index (χ4n) is 2.72. The fraction of sp³-hybridized carbons (Fsp3) is 0.312.